The summed E-state index contributed by atoms with van der Waals surface area (Å²) >= 11 is 2.26. The summed E-state index contributed by atoms with van der Waals surface area (Å²) in [6, 6.07) is 8.26. The number of amides is 1. The van der Waals surface area contributed by atoms with Crippen LogP contribution >= 0.6 is 22.6 Å². The van der Waals surface area contributed by atoms with Gasteiger partial charge in [0.25, 0.3) is 10.9 Å². The van der Waals surface area contributed by atoms with Gasteiger partial charge in [0.2, 0.25) is 5.91 Å². The third-order valence-corrected chi connectivity index (χ3v) is 4.41. The molecule has 0 aliphatic rings. The second-order valence-electron chi connectivity index (χ2n) is 5.55. The van der Waals surface area contributed by atoms with Gasteiger partial charge in [-0.25, -0.2) is 0 Å². The van der Waals surface area contributed by atoms with E-state index in [2.05, 4.69) is 57.5 Å². The maximum absolute atomic E-state index is 11.8. The molecule has 1 amide bonds. The Labute approximate surface area is 159 Å². The smallest absolute Gasteiger partial charge is 0.272 e. The van der Waals surface area contributed by atoms with E-state index < -0.39 is 10.9 Å². The third kappa shape index (κ3) is 5.55. The van der Waals surface area contributed by atoms with E-state index in [1.165, 1.54) is 9.13 Å². The number of hydrogen-bond donors (Lipinski definition) is 2. The van der Waals surface area contributed by atoms with E-state index in [1.807, 2.05) is 0 Å². The zero-order chi connectivity index (χ0) is 18.2. The predicted octanol–water partition coefficient (Wildman–Crippen LogP) is 1.84. The molecule has 2 N–H and O–H groups in total. The first-order valence-electron chi connectivity index (χ1n) is 8.24. The number of hydrogen-bond acceptors (Lipinski definition) is 5. The number of rotatable bonds is 10. The molecule has 134 valence electrons. The molecule has 2 rings (SSSR count). The maximum Gasteiger partial charge on any atom is 0.272 e. The van der Waals surface area contributed by atoms with Gasteiger partial charge < -0.3 is 15.4 Å². The van der Waals surface area contributed by atoms with Crippen LogP contribution in [0.15, 0.2) is 33.9 Å². The monoisotopic (exact) mass is 456 g/mol. The van der Waals surface area contributed by atoms with E-state index in [-0.39, 0.29) is 17.3 Å². The Hall–Kier alpha value is -1.90. The van der Waals surface area contributed by atoms with Crippen LogP contribution in [-0.4, -0.2) is 25.6 Å². The van der Waals surface area contributed by atoms with Gasteiger partial charge in [-0.15, -0.1) is 0 Å². The maximum atomic E-state index is 11.8. The van der Waals surface area contributed by atoms with E-state index >= 15 is 0 Å². The molecular weight excluding hydrogens is 435 g/mol. The van der Waals surface area contributed by atoms with Crippen LogP contribution in [0.25, 0.3) is 0 Å². The summed E-state index contributed by atoms with van der Waals surface area (Å²) in [5.41, 5.74) is 0.273. The number of carbonyl (C=O) groups excluding carboxylic acids is 1. The molecule has 0 heterocycles. The Morgan fingerprint density at radius 1 is 1.12 bits per heavy atom. The average molecular weight is 456 g/mol. The van der Waals surface area contributed by atoms with Gasteiger partial charge in [-0.2, -0.15) is 0 Å². The first kappa shape index (κ1) is 19.4. The van der Waals surface area contributed by atoms with Gasteiger partial charge in [0.05, 0.1) is 6.61 Å². The molecule has 6 nitrogen and oxygen atoms in total. The standard InChI is InChI=1S/C18H21IN2O4/c1-2-25-18-15(16(23)17(18)24)21-11-10-20-14(22)5-3-4-12-6-8-13(19)9-7-12/h6-9,21H,2-5,10-11H2,1H3,(H,20,22). The highest BCUT2D eigenvalue weighted by molar-refractivity contribution is 14.1. The van der Waals surface area contributed by atoms with Crippen LogP contribution < -0.4 is 26.2 Å². The molecule has 0 aromatic heterocycles. The van der Waals surface area contributed by atoms with Crippen LogP contribution in [0, 0.1) is 3.57 Å². The lowest BCUT2D eigenvalue weighted by Crippen LogP contribution is -2.37. The fraction of sp³-hybridized carbons (Fsp3) is 0.389. The van der Waals surface area contributed by atoms with Crippen molar-refractivity contribution in [2.45, 2.75) is 26.2 Å². The minimum absolute atomic E-state index is 0.0256. The lowest BCUT2D eigenvalue weighted by Gasteiger charge is -2.13. The van der Waals surface area contributed by atoms with Crippen molar-refractivity contribution < 1.29 is 9.53 Å². The van der Waals surface area contributed by atoms with Crippen molar-refractivity contribution in [1.82, 2.24) is 5.32 Å². The topological polar surface area (TPSA) is 84.5 Å². The molecule has 0 aliphatic carbocycles. The molecule has 0 saturated carbocycles. The molecule has 25 heavy (non-hydrogen) atoms. The third-order valence-electron chi connectivity index (χ3n) is 3.69. The Bertz CT molecular complexity index is 779. The fourth-order valence-electron chi connectivity index (χ4n) is 2.40. The molecule has 0 spiro atoms. The van der Waals surface area contributed by atoms with E-state index in [9.17, 15) is 14.4 Å². The Balaban J connectivity index is 1.62. The van der Waals surface area contributed by atoms with Gasteiger partial charge in [-0.05, 0) is 60.1 Å². The SMILES string of the molecule is CCOc1c(NCCNC(=O)CCCc2ccc(I)cc2)c(=O)c1=O. The van der Waals surface area contributed by atoms with E-state index in [0.29, 0.717) is 26.1 Å². The van der Waals surface area contributed by atoms with Crippen molar-refractivity contribution in [3.05, 3.63) is 53.8 Å². The van der Waals surface area contributed by atoms with Crippen molar-refractivity contribution in [2.24, 2.45) is 0 Å². The number of anilines is 1. The van der Waals surface area contributed by atoms with Crippen molar-refractivity contribution >= 4 is 34.2 Å². The highest BCUT2D eigenvalue weighted by atomic mass is 127. The number of carbonyl (C=O) groups is 1. The van der Waals surface area contributed by atoms with Crippen molar-refractivity contribution in [3.8, 4) is 5.75 Å². The van der Waals surface area contributed by atoms with Crippen LogP contribution in [0.3, 0.4) is 0 Å². The lowest BCUT2D eigenvalue weighted by molar-refractivity contribution is -0.121. The summed E-state index contributed by atoms with van der Waals surface area (Å²) in [4.78, 5) is 34.5. The quantitative estimate of drug-likeness (QED) is 0.324. The second kappa shape index (κ2) is 9.55. The summed E-state index contributed by atoms with van der Waals surface area (Å²) in [5.74, 6) is 0.0682. The molecule has 0 fully saturated rings. The molecule has 0 bridgehead atoms. The molecular formula is C18H21IN2O4. The normalized spacial score (nSPS) is 10.6. The van der Waals surface area contributed by atoms with Crippen molar-refractivity contribution in [1.29, 1.82) is 0 Å². The molecule has 0 aliphatic heterocycles. The van der Waals surface area contributed by atoms with Gasteiger partial charge in [-0.3, -0.25) is 14.4 Å². The zero-order valence-electron chi connectivity index (χ0n) is 14.1. The first-order chi connectivity index (χ1) is 12.0. The summed E-state index contributed by atoms with van der Waals surface area (Å²) < 4.78 is 6.31. The van der Waals surface area contributed by atoms with E-state index in [0.717, 1.165) is 12.8 Å². The van der Waals surface area contributed by atoms with Crippen LogP contribution in [0.4, 0.5) is 5.69 Å². The first-order valence-corrected chi connectivity index (χ1v) is 9.32. The Morgan fingerprint density at radius 2 is 1.84 bits per heavy atom. The van der Waals surface area contributed by atoms with Gasteiger partial charge in [-0.1, -0.05) is 12.1 Å². The number of ether oxygens (including phenoxy) is 1. The summed E-state index contributed by atoms with van der Waals surface area (Å²) in [7, 11) is 0. The Morgan fingerprint density at radius 3 is 2.52 bits per heavy atom. The number of aryl methyl sites for hydroxylation is 1. The van der Waals surface area contributed by atoms with Crippen LogP contribution in [0.2, 0.25) is 0 Å². The summed E-state index contributed by atoms with van der Waals surface area (Å²) in [5, 5.41) is 5.64. The van der Waals surface area contributed by atoms with E-state index in [4.69, 9.17) is 4.74 Å². The number of benzene rings is 1. The van der Waals surface area contributed by atoms with Crippen molar-refractivity contribution in [3.63, 3.8) is 0 Å². The van der Waals surface area contributed by atoms with E-state index in [1.54, 1.807) is 6.92 Å². The summed E-state index contributed by atoms with van der Waals surface area (Å²) in [6.07, 6.45) is 2.10. The van der Waals surface area contributed by atoms with Gasteiger partial charge in [0, 0.05) is 23.1 Å². The molecule has 0 unspecified atom stereocenters. The average Bonchev–Trinajstić information content (AvgIpc) is 2.61. The number of nitrogens with one attached hydrogen (secondary N) is 2. The molecule has 7 heteroatoms. The van der Waals surface area contributed by atoms with Crippen LogP contribution in [0.5, 0.6) is 5.75 Å². The van der Waals surface area contributed by atoms with Gasteiger partial charge >= 0.3 is 0 Å². The largest absolute Gasteiger partial charge is 0.488 e. The zero-order valence-corrected chi connectivity index (χ0v) is 16.2. The minimum atomic E-state index is -0.594. The minimum Gasteiger partial charge on any atom is -0.488 e. The summed E-state index contributed by atoms with van der Waals surface area (Å²) in [6.45, 7) is 2.83. The fourth-order valence-corrected chi connectivity index (χ4v) is 2.75. The molecule has 2 aromatic rings. The molecule has 0 atom stereocenters. The molecule has 0 radical (unpaired) electrons. The highest BCUT2D eigenvalue weighted by Gasteiger charge is 2.21. The van der Waals surface area contributed by atoms with Gasteiger partial charge in [0.1, 0.15) is 5.69 Å². The van der Waals surface area contributed by atoms with Crippen molar-refractivity contribution in [2.75, 3.05) is 25.0 Å². The van der Waals surface area contributed by atoms with Gasteiger partial charge in [0.15, 0.2) is 5.75 Å². The van der Waals surface area contributed by atoms with Crippen LogP contribution in [-0.2, 0) is 11.2 Å². The predicted molar refractivity (Wildman–Crippen MR) is 106 cm³/mol. The molecule has 0 saturated heterocycles. The highest BCUT2D eigenvalue weighted by Crippen LogP contribution is 2.16. The second-order valence-corrected chi connectivity index (χ2v) is 6.80. The number of halogens is 1. The lowest BCUT2D eigenvalue weighted by atomic mass is 10.1. The van der Waals surface area contributed by atoms with Crippen LogP contribution in [0.1, 0.15) is 25.3 Å². The Kier molecular flexibility index (Phi) is 7.42. The molecule has 2 aromatic carbocycles.